The number of nitrogens with zero attached hydrogens (tertiary/aromatic N) is 1. The second-order valence-electron chi connectivity index (χ2n) is 6.34. The van der Waals surface area contributed by atoms with Gasteiger partial charge in [-0.05, 0) is 49.7 Å². The smallest absolute Gasteiger partial charge is 0.264 e. The van der Waals surface area contributed by atoms with Crippen LogP contribution in [0.2, 0.25) is 0 Å². The lowest BCUT2D eigenvalue weighted by Gasteiger charge is -2.19. The van der Waals surface area contributed by atoms with Crippen LogP contribution >= 0.6 is 12.4 Å². The molecule has 2 aromatic rings. The molecule has 146 valence electrons. The van der Waals surface area contributed by atoms with E-state index in [9.17, 15) is 13.2 Å². The Morgan fingerprint density at radius 1 is 1.19 bits per heavy atom. The Balaban J connectivity index is 0.00000261. The zero-order valence-corrected chi connectivity index (χ0v) is 16.7. The SMILES string of the molecule is CN(c1ccccc1)S(=O)(=O)c1cccc(C(=O)NCC2CCCN2)c1.Cl. The van der Waals surface area contributed by atoms with Crippen LogP contribution in [0.4, 0.5) is 5.69 Å². The Morgan fingerprint density at radius 3 is 2.59 bits per heavy atom. The van der Waals surface area contributed by atoms with Gasteiger partial charge in [0.2, 0.25) is 0 Å². The van der Waals surface area contributed by atoms with Crippen molar-refractivity contribution in [2.24, 2.45) is 0 Å². The van der Waals surface area contributed by atoms with Crippen molar-refractivity contribution in [1.82, 2.24) is 10.6 Å². The molecule has 8 heteroatoms. The molecule has 0 spiro atoms. The topological polar surface area (TPSA) is 78.5 Å². The number of halogens is 1. The minimum absolute atomic E-state index is 0. The standard InChI is InChI=1S/C19H23N3O3S.ClH/c1-22(17-9-3-2-4-10-17)26(24,25)18-11-5-7-15(13-18)19(23)21-14-16-8-6-12-20-16;/h2-5,7,9-11,13,16,20H,6,8,12,14H2,1H3,(H,21,23);1H. The molecule has 0 aliphatic carbocycles. The van der Waals surface area contributed by atoms with Gasteiger partial charge < -0.3 is 10.6 Å². The highest BCUT2D eigenvalue weighted by Crippen LogP contribution is 2.22. The van der Waals surface area contributed by atoms with E-state index >= 15 is 0 Å². The summed E-state index contributed by atoms with van der Waals surface area (Å²) in [7, 11) is -2.23. The molecule has 0 saturated carbocycles. The van der Waals surface area contributed by atoms with Gasteiger partial charge in [-0.25, -0.2) is 8.42 Å². The lowest BCUT2D eigenvalue weighted by molar-refractivity contribution is 0.0950. The zero-order valence-electron chi connectivity index (χ0n) is 15.1. The maximum absolute atomic E-state index is 12.9. The average Bonchev–Trinajstić information content (AvgIpc) is 3.20. The minimum atomic E-state index is -3.74. The van der Waals surface area contributed by atoms with Crippen molar-refractivity contribution in [3.63, 3.8) is 0 Å². The van der Waals surface area contributed by atoms with Crippen LogP contribution in [-0.2, 0) is 10.0 Å². The fraction of sp³-hybridized carbons (Fsp3) is 0.316. The molecule has 3 rings (SSSR count). The van der Waals surface area contributed by atoms with Crippen LogP contribution in [0.5, 0.6) is 0 Å². The van der Waals surface area contributed by atoms with Gasteiger partial charge in [0.15, 0.2) is 0 Å². The van der Waals surface area contributed by atoms with Gasteiger partial charge in [-0.3, -0.25) is 9.10 Å². The summed E-state index contributed by atoms with van der Waals surface area (Å²) in [6, 6.07) is 15.3. The third-order valence-corrected chi connectivity index (χ3v) is 6.33. The fourth-order valence-corrected chi connectivity index (χ4v) is 4.22. The molecular weight excluding hydrogens is 386 g/mol. The van der Waals surface area contributed by atoms with E-state index in [1.54, 1.807) is 36.4 Å². The molecule has 0 bridgehead atoms. The largest absolute Gasteiger partial charge is 0.350 e. The van der Waals surface area contributed by atoms with E-state index in [1.807, 2.05) is 6.07 Å². The molecule has 2 N–H and O–H groups in total. The van der Waals surface area contributed by atoms with Crippen LogP contribution in [0.3, 0.4) is 0 Å². The van der Waals surface area contributed by atoms with Crippen molar-refractivity contribution in [2.45, 2.75) is 23.8 Å². The van der Waals surface area contributed by atoms with Gasteiger partial charge in [0.25, 0.3) is 15.9 Å². The second-order valence-corrected chi connectivity index (χ2v) is 8.31. The molecule has 1 unspecified atom stereocenters. The Labute approximate surface area is 166 Å². The van der Waals surface area contributed by atoms with E-state index in [2.05, 4.69) is 10.6 Å². The summed E-state index contributed by atoms with van der Waals surface area (Å²) < 4.78 is 26.9. The van der Waals surface area contributed by atoms with Crippen LogP contribution in [0.1, 0.15) is 23.2 Å². The maximum atomic E-state index is 12.9. The molecular formula is C19H24ClN3O3S. The van der Waals surface area contributed by atoms with E-state index in [0.717, 1.165) is 19.4 Å². The van der Waals surface area contributed by atoms with E-state index in [1.165, 1.54) is 23.5 Å². The van der Waals surface area contributed by atoms with Gasteiger partial charge in [-0.15, -0.1) is 12.4 Å². The van der Waals surface area contributed by atoms with Crippen molar-refractivity contribution in [1.29, 1.82) is 0 Å². The Kier molecular flexibility index (Phi) is 7.24. The summed E-state index contributed by atoms with van der Waals surface area (Å²) in [5, 5.41) is 6.19. The number of carbonyl (C=O) groups excluding carboxylic acids is 1. The van der Waals surface area contributed by atoms with E-state index in [4.69, 9.17) is 0 Å². The van der Waals surface area contributed by atoms with Crippen molar-refractivity contribution in [3.8, 4) is 0 Å². The summed E-state index contributed by atoms with van der Waals surface area (Å²) in [6.07, 6.45) is 2.15. The molecule has 27 heavy (non-hydrogen) atoms. The van der Waals surface area contributed by atoms with Gasteiger partial charge in [0, 0.05) is 25.2 Å². The molecule has 0 radical (unpaired) electrons. The molecule has 1 aliphatic heterocycles. The summed E-state index contributed by atoms with van der Waals surface area (Å²) in [6.45, 7) is 1.51. The summed E-state index contributed by atoms with van der Waals surface area (Å²) in [5.41, 5.74) is 0.903. The van der Waals surface area contributed by atoms with Crippen LogP contribution in [0, 0.1) is 0 Å². The summed E-state index contributed by atoms with van der Waals surface area (Å²) >= 11 is 0. The Hall–Kier alpha value is -2.09. The molecule has 1 aliphatic rings. The number of carbonyl (C=O) groups is 1. The lowest BCUT2D eigenvalue weighted by Crippen LogP contribution is -2.37. The number of hydrogen-bond donors (Lipinski definition) is 2. The molecule has 1 saturated heterocycles. The Bertz CT molecular complexity index is 869. The van der Waals surface area contributed by atoms with Crippen LogP contribution in [-0.4, -0.2) is 40.5 Å². The maximum Gasteiger partial charge on any atom is 0.264 e. The first-order chi connectivity index (χ1) is 12.5. The number of rotatable bonds is 6. The van der Waals surface area contributed by atoms with Gasteiger partial charge >= 0.3 is 0 Å². The van der Waals surface area contributed by atoms with Gasteiger partial charge in [0.1, 0.15) is 0 Å². The molecule has 6 nitrogen and oxygen atoms in total. The first-order valence-electron chi connectivity index (χ1n) is 8.64. The third-order valence-electron chi connectivity index (χ3n) is 4.55. The number of benzene rings is 2. The normalized spacial score (nSPS) is 16.4. The molecule has 0 aromatic heterocycles. The third kappa shape index (κ3) is 5.00. The average molecular weight is 410 g/mol. The predicted molar refractivity (Wildman–Crippen MR) is 109 cm³/mol. The fourth-order valence-electron chi connectivity index (χ4n) is 2.98. The highest BCUT2D eigenvalue weighted by molar-refractivity contribution is 7.92. The van der Waals surface area contributed by atoms with Gasteiger partial charge in [-0.2, -0.15) is 0 Å². The molecule has 1 heterocycles. The van der Waals surface area contributed by atoms with Crippen molar-refractivity contribution in [3.05, 3.63) is 60.2 Å². The quantitative estimate of drug-likeness (QED) is 0.768. The van der Waals surface area contributed by atoms with Crippen LogP contribution in [0.15, 0.2) is 59.5 Å². The van der Waals surface area contributed by atoms with Gasteiger partial charge in [-0.1, -0.05) is 24.3 Å². The van der Waals surface area contributed by atoms with Crippen LogP contribution in [0.25, 0.3) is 0 Å². The number of amides is 1. The predicted octanol–water partition coefficient (Wildman–Crippen LogP) is 2.42. The minimum Gasteiger partial charge on any atom is -0.350 e. The van der Waals surface area contributed by atoms with E-state index in [-0.39, 0.29) is 29.3 Å². The highest BCUT2D eigenvalue weighted by atomic mass is 35.5. The van der Waals surface area contributed by atoms with Gasteiger partial charge in [0.05, 0.1) is 10.6 Å². The Morgan fingerprint density at radius 2 is 1.93 bits per heavy atom. The van der Waals surface area contributed by atoms with Crippen molar-refractivity contribution in [2.75, 3.05) is 24.4 Å². The first kappa shape index (κ1) is 21.2. The molecule has 2 aromatic carbocycles. The van der Waals surface area contributed by atoms with Crippen molar-refractivity contribution < 1.29 is 13.2 Å². The number of nitrogens with one attached hydrogen (secondary N) is 2. The number of hydrogen-bond acceptors (Lipinski definition) is 4. The highest BCUT2D eigenvalue weighted by Gasteiger charge is 2.22. The molecule has 1 fully saturated rings. The first-order valence-corrected chi connectivity index (χ1v) is 10.1. The molecule has 1 atom stereocenters. The number of anilines is 1. The van der Waals surface area contributed by atoms with E-state index in [0.29, 0.717) is 17.8 Å². The summed E-state index contributed by atoms with van der Waals surface area (Å²) in [4.78, 5) is 12.5. The number of sulfonamides is 1. The number of para-hydroxylation sites is 1. The zero-order chi connectivity index (χ0) is 18.6. The summed E-state index contributed by atoms with van der Waals surface area (Å²) in [5.74, 6) is -0.266. The second kappa shape index (κ2) is 9.21. The molecule has 1 amide bonds. The monoisotopic (exact) mass is 409 g/mol. The van der Waals surface area contributed by atoms with Crippen LogP contribution < -0.4 is 14.9 Å². The van der Waals surface area contributed by atoms with Crippen molar-refractivity contribution >= 4 is 34.0 Å². The lowest BCUT2D eigenvalue weighted by atomic mass is 10.2. The van der Waals surface area contributed by atoms with E-state index < -0.39 is 10.0 Å².